The molecule has 0 amide bonds. The van der Waals surface area contributed by atoms with Gasteiger partial charge in [-0.3, -0.25) is 4.68 Å². The maximum Gasteiger partial charge on any atom is 0.194 e. The number of hydrogen-bond donors (Lipinski definition) is 1. The molecule has 0 bridgehead atoms. The summed E-state index contributed by atoms with van der Waals surface area (Å²) in [6.07, 6.45) is 3.92. The number of nitrogens with one attached hydrogen (secondary N) is 1. The van der Waals surface area contributed by atoms with E-state index in [-0.39, 0.29) is 30.1 Å². The average molecular weight is 534 g/mol. The van der Waals surface area contributed by atoms with Crippen LogP contribution in [0.3, 0.4) is 0 Å². The van der Waals surface area contributed by atoms with Crippen molar-refractivity contribution in [1.29, 1.82) is 0 Å². The molecule has 2 aromatic rings. The summed E-state index contributed by atoms with van der Waals surface area (Å²) in [4.78, 5) is 7.08. The van der Waals surface area contributed by atoms with E-state index < -0.39 is 0 Å². The van der Waals surface area contributed by atoms with Crippen LogP contribution in [0.15, 0.2) is 46.1 Å². The first kappa shape index (κ1) is 21.2. The standard InChI is InChI=1S/C18H24BrN5O.HI/c1-3-20-18(21-10-14-4-6-16(19)7-5-14)24-8-9-25-17(13-24)15-11-22-23(2)12-15;/h4-7,11-12,17H,3,8-10,13H2,1-2H3,(H,20,21);1H. The van der Waals surface area contributed by atoms with E-state index >= 15 is 0 Å². The van der Waals surface area contributed by atoms with Crippen LogP contribution >= 0.6 is 39.9 Å². The second kappa shape index (κ2) is 10.3. The van der Waals surface area contributed by atoms with Crippen molar-refractivity contribution in [3.8, 4) is 0 Å². The van der Waals surface area contributed by atoms with E-state index in [1.54, 1.807) is 0 Å². The molecule has 0 spiro atoms. The van der Waals surface area contributed by atoms with E-state index in [1.807, 2.05) is 36.3 Å². The van der Waals surface area contributed by atoms with Crippen LogP contribution in [0.2, 0.25) is 0 Å². The van der Waals surface area contributed by atoms with Crippen LogP contribution in [0.1, 0.15) is 24.2 Å². The summed E-state index contributed by atoms with van der Waals surface area (Å²) in [6.45, 7) is 5.88. The number of benzene rings is 1. The summed E-state index contributed by atoms with van der Waals surface area (Å²) in [5, 5.41) is 7.65. The molecule has 0 saturated carbocycles. The van der Waals surface area contributed by atoms with Crippen molar-refractivity contribution in [2.24, 2.45) is 12.0 Å². The van der Waals surface area contributed by atoms with Crippen molar-refractivity contribution in [2.45, 2.75) is 19.6 Å². The molecule has 1 aliphatic heterocycles. The average Bonchev–Trinajstić information content (AvgIpc) is 3.07. The molecule has 26 heavy (non-hydrogen) atoms. The number of hydrogen-bond acceptors (Lipinski definition) is 3. The number of nitrogens with zero attached hydrogens (tertiary/aromatic N) is 4. The Morgan fingerprint density at radius 2 is 2.15 bits per heavy atom. The summed E-state index contributed by atoms with van der Waals surface area (Å²) in [5.41, 5.74) is 2.30. The van der Waals surface area contributed by atoms with Gasteiger partial charge in [0.15, 0.2) is 5.96 Å². The molecule has 1 fully saturated rings. The zero-order valence-electron chi connectivity index (χ0n) is 15.1. The Balaban J connectivity index is 0.00000243. The van der Waals surface area contributed by atoms with Gasteiger partial charge in [-0.15, -0.1) is 24.0 Å². The van der Waals surface area contributed by atoms with Crippen molar-refractivity contribution >= 4 is 45.9 Å². The van der Waals surface area contributed by atoms with Crippen molar-refractivity contribution in [3.05, 3.63) is 52.3 Å². The molecular weight excluding hydrogens is 509 g/mol. The molecule has 1 aliphatic rings. The SMILES string of the molecule is CCNC(=NCc1ccc(Br)cc1)N1CCOC(c2cnn(C)c2)C1.I. The molecule has 2 heterocycles. The fraction of sp³-hybridized carbons (Fsp3) is 0.444. The third-order valence-corrected chi connectivity index (χ3v) is 4.65. The van der Waals surface area contributed by atoms with Crippen molar-refractivity contribution in [3.63, 3.8) is 0 Å². The molecule has 8 heteroatoms. The molecule has 6 nitrogen and oxygen atoms in total. The van der Waals surface area contributed by atoms with Gasteiger partial charge in [-0.25, -0.2) is 4.99 Å². The van der Waals surface area contributed by atoms with E-state index in [9.17, 15) is 0 Å². The second-order valence-corrected chi connectivity index (χ2v) is 6.97. The third-order valence-electron chi connectivity index (χ3n) is 4.12. The van der Waals surface area contributed by atoms with Crippen molar-refractivity contribution < 1.29 is 4.74 Å². The minimum atomic E-state index is 0. The van der Waals surface area contributed by atoms with E-state index in [2.05, 4.69) is 50.3 Å². The molecule has 1 N–H and O–H groups in total. The number of morpholine rings is 1. The number of aryl methyl sites for hydroxylation is 1. The Bertz CT molecular complexity index is 719. The minimum absolute atomic E-state index is 0. The van der Waals surface area contributed by atoms with Gasteiger partial charge in [0.25, 0.3) is 0 Å². The highest BCUT2D eigenvalue weighted by molar-refractivity contribution is 14.0. The minimum Gasteiger partial charge on any atom is -0.370 e. The summed E-state index contributed by atoms with van der Waals surface area (Å²) >= 11 is 3.47. The third kappa shape index (κ3) is 5.68. The first-order valence-electron chi connectivity index (χ1n) is 8.53. The highest BCUT2D eigenvalue weighted by Gasteiger charge is 2.25. The maximum atomic E-state index is 5.93. The van der Waals surface area contributed by atoms with Gasteiger partial charge in [0.2, 0.25) is 0 Å². The molecule has 0 radical (unpaired) electrons. The van der Waals surface area contributed by atoms with Gasteiger partial charge in [0.05, 0.1) is 25.9 Å². The van der Waals surface area contributed by atoms with Gasteiger partial charge in [0.1, 0.15) is 6.10 Å². The summed E-state index contributed by atoms with van der Waals surface area (Å²) in [7, 11) is 1.92. The first-order valence-corrected chi connectivity index (χ1v) is 9.33. The Labute approximate surface area is 180 Å². The highest BCUT2D eigenvalue weighted by Crippen LogP contribution is 2.21. The first-order chi connectivity index (χ1) is 12.2. The van der Waals surface area contributed by atoms with Gasteiger partial charge >= 0.3 is 0 Å². The van der Waals surface area contributed by atoms with Crippen LogP contribution in [0, 0.1) is 0 Å². The Morgan fingerprint density at radius 3 is 2.81 bits per heavy atom. The molecule has 1 aromatic heterocycles. The zero-order valence-corrected chi connectivity index (χ0v) is 19.0. The molecule has 3 rings (SSSR count). The lowest BCUT2D eigenvalue weighted by Crippen LogP contribution is -2.48. The summed E-state index contributed by atoms with van der Waals surface area (Å²) < 4.78 is 8.82. The molecule has 1 unspecified atom stereocenters. The van der Waals surface area contributed by atoms with Gasteiger partial charge < -0.3 is 15.0 Å². The Kier molecular flexibility index (Phi) is 8.36. The van der Waals surface area contributed by atoms with E-state index in [1.165, 1.54) is 5.56 Å². The fourth-order valence-corrected chi connectivity index (χ4v) is 3.10. The van der Waals surface area contributed by atoms with Gasteiger partial charge in [-0.05, 0) is 24.6 Å². The monoisotopic (exact) mass is 533 g/mol. The van der Waals surface area contributed by atoms with Crippen LogP contribution < -0.4 is 5.32 Å². The largest absolute Gasteiger partial charge is 0.370 e. The van der Waals surface area contributed by atoms with Crippen LogP contribution in [-0.4, -0.2) is 46.9 Å². The van der Waals surface area contributed by atoms with Crippen LogP contribution in [0.25, 0.3) is 0 Å². The predicted octanol–water partition coefficient (Wildman–Crippen LogP) is 3.34. The lowest BCUT2D eigenvalue weighted by Gasteiger charge is -2.34. The van der Waals surface area contributed by atoms with Crippen LogP contribution in [0.4, 0.5) is 0 Å². The highest BCUT2D eigenvalue weighted by atomic mass is 127. The summed E-state index contributed by atoms with van der Waals surface area (Å²) in [5.74, 6) is 0.933. The van der Waals surface area contributed by atoms with Gasteiger partial charge in [-0.1, -0.05) is 28.1 Å². The Morgan fingerprint density at radius 1 is 1.38 bits per heavy atom. The fourth-order valence-electron chi connectivity index (χ4n) is 2.83. The smallest absolute Gasteiger partial charge is 0.194 e. The number of aromatic nitrogens is 2. The van der Waals surface area contributed by atoms with E-state index in [4.69, 9.17) is 9.73 Å². The molecule has 0 aliphatic carbocycles. The van der Waals surface area contributed by atoms with Gasteiger partial charge in [0, 0.05) is 36.4 Å². The second-order valence-electron chi connectivity index (χ2n) is 6.05. The number of aliphatic imine (C=N–C) groups is 1. The van der Waals surface area contributed by atoms with Crippen LogP contribution in [0.5, 0.6) is 0 Å². The van der Waals surface area contributed by atoms with Crippen molar-refractivity contribution in [2.75, 3.05) is 26.2 Å². The lowest BCUT2D eigenvalue weighted by atomic mass is 10.1. The van der Waals surface area contributed by atoms with E-state index in [0.29, 0.717) is 13.2 Å². The number of guanidine groups is 1. The Hall–Kier alpha value is -1.13. The summed E-state index contributed by atoms with van der Waals surface area (Å²) in [6, 6.07) is 8.28. The lowest BCUT2D eigenvalue weighted by molar-refractivity contribution is -0.00805. The van der Waals surface area contributed by atoms with Crippen molar-refractivity contribution in [1.82, 2.24) is 20.0 Å². The number of rotatable bonds is 4. The number of halogens is 2. The van der Waals surface area contributed by atoms with Crippen LogP contribution in [-0.2, 0) is 18.3 Å². The normalized spacial score (nSPS) is 17.7. The zero-order chi connectivity index (χ0) is 17.6. The topological polar surface area (TPSA) is 54.7 Å². The van der Waals surface area contributed by atoms with E-state index in [0.717, 1.165) is 35.6 Å². The molecule has 1 aromatic carbocycles. The number of ether oxygens (including phenoxy) is 1. The molecule has 1 saturated heterocycles. The molecular formula is C18H25BrIN5O. The molecule has 1 atom stereocenters. The van der Waals surface area contributed by atoms with Gasteiger partial charge in [-0.2, -0.15) is 5.10 Å². The predicted molar refractivity (Wildman–Crippen MR) is 118 cm³/mol. The maximum absolute atomic E-state index is 5.93. The quantitative estimate of drug-likeness (QED) is 0.372. The molecule has 142 valence electrons.